The smallest absolute Gasteiger partial charge is 0.158 e. The van der Waals surface area contributed by atoms with Gasteiger partial charge >= 0.3 is 0 Å². The summed E-state index contributed by atoms with van der Waals surface area (Å²) in [5, 5.41) is 7.47. The quantitative estimate of drug-likeness (QED) is 0.541. The molecule has 86 valence electrons. The lowest BCUT2D eigenvalue weighted by Gasteiger charge is -2.22. The first-order valence-corrected chi connectivity index (χ1v) is 5.27. The Kier molecular flexibility index (Phi) is 3.31. The van der Waals surface area contributed by atoms with Crippen molar-refractivity contribution in [2.75, 3.05) is 31.2 Å². The molecule has 0 bridgehead atoms. The molecule has 1 aliphatic rings. The Morgan fingerprint density at radius 3 is 2.94 bits per heavy atom. The molecule has 1 saturated heterocycles. The molecule has 0 aromatic carbocycles. The molecule has 0 radical (unpaired) electrons. The van der Waals surface area contributed by atoms with Gasteiger partial charge in [0.25, 0.3) is 0 Å². The Balaban J connectivity index is 2.27. The number of aromatic nitrogens is 2. The van der Waals surface area contributed by atoms with E-state index in [1.54, 1.807) is 12.4 Å². The van der Waals surface area contributed by atoms with Crippen molar-refractivity contribution in [1.82, 2.24) is 9.97 Å². The fraction of sp³-hybridized carbons (Fsp3) is 0.500. The first-order chi connectivity index (χ1) is 7.79. The minimum atomic E-state index is -0.0479. The highest BCUT2D eigenvalue weighted by atomic mass is 16.5. The summed E-state index contributed by atoms with van der Waals surface area (Å²) in [4.78, 5) is 10.4. The van der Waals surface area contributed by atoms with Crippen molar-refractivity contribution in [2.24, 2.45) is 5.73 Å². The molecule has 2 heterocycles. The van der Waals surface area contributed by atoms with Crippen LogP contribution in [0.2, 0.25) is 0 Å². The van der Waals surface area contributed by atoms with Gasteiger partial charge in [0.15, 0.2) is 5.82 Å². The van der Waals surface area contributed by atoms with Crippen LogP contribution >= 0.6 is 0 Å². The van der Waals surface area contributed by atoms with E-state index in [4.69, 9.17) is 15.9 Å². The first kappa shape index (κ1) is 10.8. The summed E-state index contributed by atoms with van der Waals surface area (Å²) in [7, 11) is 0. The van der Waals surface area contributed by atoms with Crippen LogP contribution in [0.5, 0.6) is 0 Å². The monoisotopic (exact) mass is 221 g/mol. The highest BCUT2D eigenvalue weighted by molar-refractivity contribution is 5.97. The van der Waals surface area contributed by atoms with E-state index >= 15 is 0 Å². The molecule has 2 rings (SSSR count). The molecule has 0 saturated carbocycles. The molecule has 6 nitrogen and oxygen atoms in total. The third-order valence-corrected chi connectivity index (χ3v) is 2.46. The molecule has 6 heteroatoms. The van der Waals surface area contributed by atoms with Gasteiger partial charge in [-0.05, 0) is 6.42 Å². The molecule has 1 aromatic heterocycles. The average molecular weight is 221 g/mol. The zero-order chi connectivity index (χ0) is 11.4. The average Bonchev–Trinajstić information content (AvgIpc) is 2.57. The normalized spacial score (nSPS) is 16.9. The summed E-state index contributed by atoms with van der Waals surface area (Å²) in [6.45, 7) is 3.07. The summed E-state index contributed by atoms with van der Waals surface area (Å²) in [6, 6.07) is 0. The minimum Gasteiger partial charge on any atom is -0.382 e. The minimum absolute atomic E-state index is 0.0479. The van der Waals surface area contributed by atoms with Gasteiger partial charge in [-0.15, -0.1) is 0 Å². The van der Waals surface area contributed by atoms with E-state index in [2.05, 4.69) is 14.9 Å². The second-order valence-corrected chi connectivity index (χ2v) is 3.60. The Bertz CT molecular complexity index is 373. The van der Waals surface area contributed by atoms with Crippen LogP contribution in [-0.2, 0) is 4.74 Å². The zero-order valence-corrected chi connectivity index (χ0v) is 9.02. The Morgan fingerprint density at radius 2 is 2.12 bits per heavy atom. The topological polar surface area (TPSA) is 88.1 Å². The predicted octanol–water partition coefficient (Wildman–Crippen LogP) is -0.0126. The second kappa shape index (κ2) is 4.89. The highest BCUT2D eigenvalue weighted by Gasteiger charge is 2.16. The maximum Gasteiger partial charge on any atom is 0.158 e. The van der Waals surface area contributed by atoms with Crippen LogP contribution in [0.1, 0.15) is 12.1 Å². The number of rotatable bonds is 2. The van der Waals surface area contributed by atoms with Crippen LogP contribution in [-0.4, -0.2) is 42.1 Å². The van der Waals surface area contributed by atoms with Crippen molar-refractivity contribution in [3.8, 4) is 0 Å². The molecular formula is C10H15N5O. The van der Waals surface area contributed by atoms with Crippen LogP contribution in [0.3, 0.4) is 0 Å². The fourth-order valence-corrected chi connectivity index (χ4v) is 1.71. The molecule has 1 aromatic rings. The van der Waals surface area contributed by atoms with Gasteiger partial charge in [-0.25, -0.2) is 9.97 Å². The van der Waals surface area contributed by atoms with Crippen molar-refractivity contribution in [3.05, 3.63) is 18.1 Å². The Labute approximate surface area is 94.0 Å². The van der Waals surface area contributed by atoms with Gasteiger partial charge in [0.05, 0.1) is 6.61 Å². The van der Waals surface area contributed by atoms with Gasteiger partial charge in [0, 0.05) is 32.1 Å². The Hall–Kier alpha value is -1.69. The van der Waals surface area contributed by atoms with E-state index < -0.39 is 0 Å². The summed E-state index contributed by atoms with van der Waals surface area (Å²) in [6.07, 6.45) is 4.12. The number of nitrogen functional groups attached to an aromatic ring is 1. The third-order valence-electron chi connectivity index (χ3n) is 2.46. The number of nitrogens with zero attached hydrogens (tertiary/aromatic N) is 3. The number of nitrogens with one attached hydrogen (secondary N) is 1. The molecule has 3 N–H and O–H groups in total. The summed E-state index contributed by atoms with van der Waals surface area (Å²) in [5.41, 5.74) is 5.93. The van der Waals surface area contributed by atoms with E-state index in [0.717, 1.165) is 26.1 Å². The van der Waals surface area contributed by atoms with Gasteiger partial charge in [0.1, 0.15) is 11.5 Å². The lowest BCUT2D eigenvalue weighted by molar-refractivity contribution is 0.152. The van der Waals surface area contributed by atoms with E-state index in [1.165, 1.54) is 0 Å². The fourth-order valence-electron chi connectivity index (χ4n) is 1.71. The molecule has 0 aliphatic carbocycles. The molecular weight excluding hydrogens is 206 g/mol. The van der Waals surface area contributed by atoms with Gasteiger partial charge < -0.3 is 15.4 Å². The maximum atomic E-state index is 7.47. The van der Waals surface area contributed by atoms with E-state index in [1.807, 2.05) is 0 Å². The van der Waals surface area contributed by atoms with Gasteiger partial charge in [-0.1, -0.05) is 0 Å². The van der Waals surface area contributed by atoms with E-state index in [-0.39, 0.29) is 5.84 Å². The SMILES string of the molecule is N=C(N)c1nccnc1N1CCCOCC1. The molecule has 0 amide bonds. The number of hydrogen-bond donors (Lipinski definition) is 2. The summed E-state index contributed by atoms with van der Waals surface area (Å²) >= 11 is 0. The zero-order valence-electron chi connectivity index (χ0n) is 9.02. The van der Waals surface area contributed by atoms with Gasteiger partial charge in [-0.3, -0.25) is 5.41 Å². The Morgan fingerprint density at radius 1 is 1.31 bits per heavy atom. The number of ether oxygens (including phenoxy) is 1. The first-order valence-electron chi connectivity index (χ1n) is 5.27. The van der Waals surface area contributed by atoms with E-state index in [0.29, 0.717) is 18.1 Å². The maximum absolute atomic E-state index is 7.47. The standard InChI is InChI=1S/C10H15N5O/c11-9(12)8-10(14-3-2-13-8)15-4-1-6-16-7-5-15/h2-3H,1,4-7H2,(H3,11,12). The highest BCUT2D eigenvalue weighted by Crippen LogP contribution is 2.15. The molecule has 1 aliphatic heterocycles. The second-order valence-electron chi connectivity index (χ2n) is 3.60. The van der Waals surface area contributed by atoms with Crippen molar-refractivity contribution in [2.45, 2.75) is 6.42 Å². The van der Waals surface area contributed by atoms with Crippen LogP contribution in [0, 0.1) is 5.41 Å². The molecule has 0 spiro atoms. The van der Waals surface area contributed by atoms with Crippen molar-refractivity contribution in [3.63, 3.8) is 0 Å². The van der Waals surface area contributed by atoms with E-state index in [9.17, 15) is 0 Å². The van der Waals surface area contributed by atoms with Crippen LogP contribution in [0.4, 0.5) is 5.82 Å². The van der Waals surface area contributed by atoms with Crippen LogP contribution in [0.25, 0.3) is 0 Å². The molecule has 0 atom stereocenters. The van der Waals surface area contributed by atoms with Crippen molar-refractivity contribution >= 4 is 11.7 Å². The number of nitrogens with two attached hydrogens (primary N) is 1. The van der Waals surface area contributed by atoms with Crippen LogP contribution in [0.15, 0.2) is 12.4 Å². The van der Waals surface area contributed by atoms with Gasteiger partial charge in [-0.2, -0.15) is 0 Å². The molecule has 16 heavy (non-hydrogen) atoms. The number of hydrogen-bond acceptors (Lipinski definition) is 5. The number of anilines is 1. The lowest BCUT2D eigenvalue weighted by Crippen LogP contribution is -2.30. The van der Waals surface area contributed by atoms with Crippen molar-refractivity contribution < 1.29 is 4.74 Å². The summed E-state index contributed by atoms with van der Waals surface area (Å²) < 4.78 is 5.37. The number of amidine groups is 1. The van der Waals surface area contributed by atoms with Crippen molar-refractivity contribution in [1.29, 1.82) is 5.41 Å². The summed E-state index contributed by atoms with van der Waals surface area (Å²) in [5.74, 6) is 0.633. The molecule has 1 fully saturated rings. The largest absolute Gasteiger partial charge is 0.382 e. The molecule has 0 unspecified atom stereocenters. The van der Waals surface area contributed by atoms with Gasteiger partial charge in [0.2, 0.25) is 0 Å². The predicted molar refractivity (Wildman–Crippen MR) is 60.7 cm³/mol. The lowest BCUT2D eigenvalue weighted by atomic mass is 10.3. The third kappa shape index (κ3) is 2.27. The van der Waals surface area contributed by atoms with Crippen LogP contribution < -0.4 is 10.6 Å².